The number of halogens is 4. The average Bonchev–Trinajstić information content (AvgIpc) is 3.38. The second kappa shape index (κ2) is 10.3. The molecule has 2 unspecified atom stereocenters. The Morgan fingerprint density at radius 1 is 1.22 bits per heavy atom. The van der Waals surface area contributed by atoms with Gasteiger partial charge >= 0.3 is 12.3 Å². The minimum atomic E-state index is -4.75. The van der Waals surface area contributed by atoms with Crippen molar-refractivity contribution in [2.24, 2.45) is 5.41 Å². The Balaban J connectivity index is 2.01. The number of nitrogens with one attached hydrogen (secondary N) is 1. The number of rotatable bonds is 8. The number of thiophene rings is 1. The van der Waals surface area contributed by atoms with Crippen LogP contribution < -0.4 is 5.32 Å². The Labute approximate surface area is 214 Å². The van der Waals surface area contributed by atoms with Gasteiger partial charge in [0.1, 0.15) is 5.54 Å². The maximum atomic E-state index is 14.9. The zero-order chi connectivity index (χ0) is 26.9. The molecule has 3 heterocycles. The van der Waals surface area contributed by atoms with Gasteiger partial charge in [-0.3, -0.25) is 9.88 Å². The molecule has 0 aromatic carbocycles. The summed E-state index contributed by atoms with van der Waals surface area (Å²) in [6.07, 6.45) is -4.10. The Kier molecular flexibility index (Phi) is 8.10. The Hall–Kier alpha value is -2.20. The quantitative estimate of drug-likeness (QED) is 0.391. The summed E-state index contributed by atoms with van der Waals surface area (Å²) >= 11 is 0.933. The summed E-state index contributed by atoms with van der Waals surface area (Å²) in [6, 6.07) is 6.75. The van der Waals surface area contributed by atoms with Gasteiger partial charge in [-0.1, -0.05) is 6.07 Å². The first-order valence-corrected chi connectivity index (χ1v) is 12.9. The van der Waals surface area contributed by atoms with Crippen LogP contribution in [-0.2, 0) is 16.7 Å². The minimum absolute atomic E-state index is 0.0830. The topological polar surface area (TPSA) is 54.5 Å². The third-order valence-corrected chi connectivity index (χ3v) is 8.50. The van der Waals surface area contributed by atoms with E-state index in [1.54, 1.807) is 26.1 Å². The first kappa shape index (κ1) is 28.4. The number of hydrogen-bond acceptors (Lipinski definition) is 5. The molecule has 1 aliphatic heterocycles. The summed E-state index contributed by atoms with van der Waals surface area (Å²) in [6.45, 7) is 10.5. The first-order valence-electron chi connectivity index (χ1n) is 12.1. The molecule has 0 spiro atoms. The number of carbonyl (C=O) groups is 1. The highest BCUT2D eigenvalue weighted by Crippen LogP contribution is 2.53. The van der Waals surface area contributed by atoms with Crippen LogP contribution in [0.25, 0.3) is 0 Å². The summed E-state index contributed by atoms with van der Waals surface area (Å²) in [4.78, 5) is 19.6. The van der Waals surface area contributed by atoms with Crippen molar-refractivity contribution < 1.29 is 27.1 Å². The van der Waals surface area contributed by atoms with Gasteiger partial charge in [-0.25, -0.2) is 4.79 Å². The van der Waals surface area contributed by atoms with Gasteiger partial charge in [-0.15, -0.1) is 11.3 Å². The van der Waals surface area contributed by atoms with Crippen molar-refractivity contribution in [3.63, 3.8) is 0 Å². The van der Waals surface area contributed by atoms with E-state index < -0.39 is 34.9 Å². The normalized spacial score (nSPS) is 21.0. The van der Waals surface area contributed by atoms with E-state index in [0.29, 0.717) is 11.4 Å². The van der Waals surface area contributed by atoms with Gasteiger partial charge in [0.15, 0.2) is 5.13 Å². The number of pyridine rings is 1. The molecular formula is C26H35F4N3O2S. The molecule has 2 atom stereocenters. The van der Waals surface area contributed by atoms with E-state index in [0.717, 1.165) is 29.5 Å². The van der Waals surface area contributed by atoms with Crippen molar-refractivity contribution in [2.75, 3.05) is 13.1 Å². The van der Waals surface area contributed by atoms with Gasteiger partial charge in [0, 0.05) is 34.3 Å². The predicted molar refractivity (Wildman–Crippen MR) is 132 cm³/mol. The van der Waals surface area contributed by atoms with Crippen LogP contribution in [0.5, 0.6) is 0 Å². The molecule has 2 aromatic heterocycles. The summed E-state index contributed by atoms with van der Waals surface area (Å²) < 4.78 is 63.3. The number of aryl methyl sites for hydroxylation is 2. The monoisotopic (exact) mass is 529 g/mol. The Bertz CT molecular complexity index is 1050. The molecule has 1 aliphatic rings. The van der Waals surface area contributed by atoms with Gasteiger partial charge in [0.05, 0.1) is 6.10 Å². The van der Waals surface area contributed by atoms with Gasteiger partial charge in [0.2, 0.25) is 0 Å². The van der Waals surface area contributed by atoms with Crippen LogP contribution in [-0.4, -0.2) is 46.9 Å². The number of amides is 1. The predicted octanol–water partition coefficient (Wildman–Crippen LogP) is 6.61. The van der Waals surface area contributed by atoms with Crippen LogP contribution in [0, 0.1) is 17.5 Å². The molecule has 200 valence electrons. The standard InChI is InChI=1S/C26H35F4N3O2S/c1-17(2)35-22(34)32-24(6,26(28,29)30)25(12-11-20-9-10-21(27)36-20)13-14-33(16-25)23(4,5)19-8-7-18(3)31-15-19/h7-10,15,17H,11-14,16H2,1-6H3,(H,32,34). The van der Waals surface area contributed by atoms with Crippen molar-refractivity contribution in [3.05, 3.63) is 51.7 Å². The lowest BCUT2D eigenvalue weighted by Gasteiger charge is -2.48. The molecule has 10 heteroatoms. The summed E-state index contributed by atoms with van der Waals surface area (Å²) in [7, 11) is 0. The van der Waals surface area contributed by atoms with Crippen LogP contribution in [0.3, 0.4) is 0 Å². The lowest BCUT2D eigenvalue weighted by atomic mass is 9.66. The Morgan fingerprint density at radius 2 is 1.92 bits per heavy atom. The molecule has 0 aliphatic carbocycles. The number of aromatic nitrogens is 1. The van der Waals surface area contributed by atoms with E-state index in [-0.39, 0.29) is 30.9 Å². The molecule has 1 N–H and O–H groups in total. The van der Waals surface area contributed by atoms with E-state index in [2.05, 4.69) is 10.3 Å². The van der Waals surface area contributed by atoms with Crippen LogP contribution >= 0.6 is 11.3 Å². The number of likely N-dealkylation sites (tertiary alicyclic amines) is 1. The number of hydrogen-bond donors (Lipinski definition) is 1. The summed E-state index contributed by atoms with van der Waals surface area (Å²) in [5, 5.41) is 1.83. The molecule has 2 aromatic rings. The lowest BCUT2D eigenvalue weighted by Crippen LogP contribution is -2.67. The second-order valence-corrected chi connectivity index (χ2v) is 11.7. The van der Waals surface area contributed by atoms with E-state index in [1.807, 2.05) is 37.8 Å². The second-order valence-electron chi connectivity index (χ2n) is 10.6. The van der Waals surface area contributed by atoms with E-state index in [1.165, 1.54) is 6.07 Å². The van der Waals surface area contributed by atoms with E-state index in [9.17, 15) is 22.4 Å². The van der Waals surface area contributed by atoms with Crippen molar-refractivity contribution in [1.29, 1.82) is 0 Å². The highest BCUT2D eigenvalue weighted by atomic mass is 32.1. The highest BCUT2D eigenvalue weighted by molar-refractivity contribution is 7.10. The first-order chi connectivity index (χ1) is 16.6. The van der Waals surface area contributed by atoms with Crippen LogP contribution in [0.2, 0.25) is 0 Å². The maximum Gasteiger partial charge on any atom is 0.411 e. The van der Waals surface area contributed by atoms with Crippen LogP contribution in [0.1, 0.15) is 63.6 Å². The fourth-order valence-electron chi connectivity index (χ4n) is 5.02. The molecule has 36 heavy (non-hydrogen) atoms. The van der Waals surface area contributed by atoms with E-state index >= 15 is 0 Å². The molecule has 1 saturated heterocycles. The highest BCUT2D eigenvalue weighted by Gasteiger charge is 2.66. The molecule has 1 amide bonds. The largest absolute Gasteiger partial charge is 0.447 e. The smallest absolute Gasteiger partial charge is 0.411 e. The molecule has 0 saturated carbocycles. The molecule has 0 bridgehead atoms. The molecule has 0 radical (unpaired) electrons. The third-order valence-electron chi connectivity index (χ3n) is 7.56. The lowest BCUT2D eigenvalue weighted by molar-refractivity contribution is -0.225. The zero-order valence-corrected chi connectivity index (χ0v) is 22.4. The summed E-state index contributed by atoms with van der Waals surface area (Å²) in [5.41, 5.74) is -2.80. The minimum Gasteiger partial charge on any atom is -0.447 e. The number of carbonyl (C=O) groups excluding carboxylic acids is 1. The fourth-order valence-corrected chi connectivity index (χ4v) is 5.75. The number of ether oxygens (including phenoxy) is 1. The maximum absolute atomic E-state index is 14.9. The molecule has 5 nitrogen and oxygen atoms in total. The van der Waals surface area contributed by atoms with Gasteiger partial charge in [-0.05, 0) is 91.1 Å². The summed E-state index contributed by atoms with van der Waals surface area (Å²) in [5.74, 6) is 0. The van der Waals surface area contributed by atoms with Gasteiger partial charge < -0.3 is 10.1 Å². The van der Waals surface area contributed by atoms with Gasteiger partial charge in [0.25, 0.3) is 0 Å². The SMILES string of the molecule is Cc1ccc(C(C)(C)N2CCC(CCc3ccc(F)s3)(C(C)(NC(=O)OC(C)C)C(F)(F)F)C2)cn1. The van der Waals surface area contributed by atoms with Crippen LogP contribution in [0.4, 0.5) is 22.4 Å². The number of alkyl halides is 3. The van der Waals surface area contributed by atoms with Crippen molar-refractivity contribution in [3.8, 4) is 0 Å². The van der Waals surface area contributed by atoms with Crippen molar-refractivity contribution >= 4 is 17.4 Å². The fraction of sp³-hybridized carbons (Fsp3) is 0.615. The van der Waals surface area contributed by atoms with Crippen molar-refractivity contribution in [2.45, 2.75) is 84.2 Å². The number of alkyl carbamates (subject to hydrolysis) is 1. The van der Waals surface area contributed by atoms with Crippen molar-refractivity contribution in [1.82, 2.24) is 15.2 Å². The van der Waals surface area contributed by atoms with Gasteiger partial charge in [-0.2, -0.15) is 17.6 Å². The molecule has 1 fully saturated rings. The zero-order valence-electron chi connectivity index (χ0n) is 21.6. The molecular weight excluding hydrogens is 494 g/mol. The number of nitrogens with zero attached hydrogens (tertiary/aromatic N) is 2. The average molecular weight is 530 g/mol. The third kappa shape index (κ3) is 5.69. The Morgan fingerprint density at radius 3 is 2.44 bits per heavy atom. The molecule has 3 rings (SSSR count). The van der Waals surface area contributed by atoms with Crippen LogP contribution in [0.15, 0.2) is 30.5 Å². The van der Waals surface area contributed by atoms with E-state index in [4.69, 9.17) is 4.74 Å².